The molecule has 3 heterocycles. The van der Waals surface area contributed by atoms with Crippen LogP contribution in [0.25, 0.3) is 5.65 Å². The van der Waals surface area contributed by atoms with Crippen molar-refractivity contribution in [3.63, 3.8) is 0 Å². The van der Waals surface area contributed by atoms with Gasteiger partial charge in [-0.05, 0) is 37.0 Å². The van der Waals surface area contributed by atoms with Crippen molar-refractivity contribution in [1.82, 2.24) is 24.4 Å². The molecule has 158 valence electrons. The maximum absolute atomic E-state index is 13.5. The van der Waals surface area contributed by atoms with E-state index in [-0.39, 0.29) is 22.8 Å². The van der Waals surface area contributed by atoms with Crippen LogP contribution in [0.4, 0.5) is 14.6 Å². The van der Waals surface area contributed by atoms with Crippen molar-refractivity contribution < 1.29 is 13.6 Å². The monoisotopic (exact) mass is 422 g/mol. The van der Waals surface area contributed by atoms with Crippen molar-refractivity contribution in [1.29, 1.82) is 0 Å². The number of rotatable bonds is 6. The molecule has 0 aliphatic heterocycles. The number of fused-ring (bicyclic) bond motifs is 1. The summed E-state index contributed by atoms with van der Waals surface area (Å²) in [6.45, 7) is 2.60. The molecule has 0 radical (unpaired) electrons. The van der Waals surface area contributed by atoms with E-state index >= 15 is 0 Å². The fourth-order valence-electron chi connectivity index (χ4n) is 3.57. The SMILES string of the molecule is Cc1ccccc1Cn1ccc(NC(=O)c2cnn3c(C(F)F)cc(C4CC4)nc23)n1. The van der Waals surface area contributed by atoms with Gasteiger partial charge in [0.15, 0.2) is 11.5 Å². The minimum atomic E-state index is -2.71. The number of benzene rings is 1. The highest BCUT2D eigenvalue weighted by atomic mass is 19.3. The third-order valence-corrected chi connectivity index (χ3v) is 5.46. The smallest absolute Gasteiger partial charge is 0.280 e. The molecule has 1 saturated carbocycles. The van der Waals surface area contributed by atoms with Gasteiger partial charge in [0.2, 0.25) is 0 Å². The zero-order chi connectivity index (χ0) is 21.5. The number of carbonyl (C=O) groups is 1. The zero-order valence-corrected chi connectivity index (χ0v) is 16.8. The van der Waals surface area contributed by atoms with Gasteiger partial charge in [-0.15, -0.1) is 0 Å². The van der Waals surface area contributed by atoms with E-state index in [9.17, 15) is 13.6 Å². The van der Waals surface area contributed by atoms with Gasteiger partial charge < -0.3 is 5.32 Å². The lowest BCUT2D eigenvalue weighted by atomic mass is 10.1. The summed E-state index contributed by atoms with van der Waals surface area (Å²) in [7, 11) is 0. The lowest BCUT2D eigenvalue weighted by Gasteiger charge is -2.07. The van der Waals surface area contributed by atoms with E-state index in [0.717, 1.165) is 28.5 Å². The highest BCUT2D eigenvalue weighted by Gasteiger charge is 2.29. The molecule has 4 aromatic rings. The molecule has 1 N–H and O–H groups in total. The van der Waals surface area contributed by atoms with Crippen LogP contribution in [0.15, 0.2) is 48.8 Å². The Bertz CT molecular complexity index is 1270. The number of hydrogen-bond acceptors (Lipinski definition) is 4. The van der Waals surface area contributed by atoms with Gasteiger partial charge in [-0.1, -0.05) is 24.3 Å². The van der Waals surface area contributed by atoms with Gasteiger partial charge in [-0.25, -0.2) is 18.3 Å². The third-order valence-electron chi connectivity index (χ3n) is 5.46. The molecular formula is C22H20F2N6O. The summed E-state index contributed by atoms with van der Waals surface area (Å²) >= 11 is 0. The van der Waals surface area contributed by atoms with E-state index in [4.69, 9.17) is 0 Å². The van der Waals surface area contributed by atoms with Crippen molar-refractivity contribution in [2.75, 3.05) is 5.32 Å². The summed E-state index contributed by atoms with van der Waals surface area (Å²) in [5, 5.41) is 11.1. The van der Waals surface area contributed by atoms with Gasteiger partial charge in [-0.3, -0.25) is 9.48 Å². The van der Waals surface area contributed by atoms with E-state index in [2.05, 4.69) is 20.5 Å². The molecule has 0 unspecified atom stereocenters. The Kier molecular flexibility index (Phi) is 4.72. The van der Waals surface area contributed by atoms with Crippen LogP contribution in [0.1, 0.15) is 58.1 Å². The van der Waals surface area contributed by atoms with Gasteiger partial charge >= 0.3 is 0 Å². The second kappa shape index (κ2) is 7.57. The molecule has 0 spiro atoms. The van der Waals surface area contributed by atoms with Crippen LogP contribution in [0, 0.1) is 6.92 Å². The summed E-state index contributed by atoms with van der Waals surface area (Å²) < 4.78 is 29.8. The highest BCUT2D eigenvalue weighted by molar-refractivity contribution is 6.07. The molecule has 1 aromatic carbocycles. The molecule has 9 heteroatoms. The van der Waals surface area contributed by atoms with Crippen molar-refractivity contribution in [3.8, 4) is 0 Å². The number of nitrogens with zero attached hydrogens (tertiary/aromatic N) is 5. The third kappa shape index (κ3) is 3.78. The predicted molar refractivity (Wildman–Crippen MR) is 110 cm³/mol. The average Bonchev–Trinajstić information content (AvgIpc) is 3.37. The first-order valence-corrected chi connectivity index (χ1v) is 10.1. The molecule has 31 heavy (non-hydrogen) atoms. The number of anilines is 1. The van der Waals surface area contributed by atoms with E-state index in [1.165, 1.54) is 12.3 Å². The Balaban J connectivity index is 1.40. The van der Waals surface area contributed by atoms with Crippen molar-refractivity contribution in [2.24, 2.45) is 0 Å². The average molecular weight is 422 g/mol. The number of carbonyl (C=O) groups excluding carboxylic acids is 1. The summed E-state index contributed by atoms with van der Waals surface area (Å²) in [5.74, 6) is 0.0487. The molecule has 1 aliphatic rings. The molecule has 1 amide bonds. The molecule has 5 rings (SSSR count). The summed E-state index contributed by atoms with van der Waals surface area (Å²) in [6, 6.07) is 11.1. The van der Waals surface area contributed by atoms with E-state index in [0.29, 0.717) is 18.1 Å². The van der Waals surface area contributed by atoms with Crippen LogP contribution in [0.3, 0.4) is 0 Å². The number of amides is 1. The Morgan fingerprint density at radius 3 is 2.81 bits per heavy atom. The number of halogens is 2. The molecule has 3 aromatic heterocycles. The fourth-order valence-corrected chi connectivity index (χ4v) is 3.57. The maximum Gasteiger partial charge on any atom is 0.280 e. The lowest BCUT2D eigenvalue weighted by Crippen LogP contribution is -2.14. The fraction of sp³-hybridized carbons (Fsp3) is 0.273. The molecule has 1 fully saturated rings. The predicted octanol–water partition coefficient (Wildman–Crippen LogP) is 4.35. The Hall–Kier alpha value is -3.62. The van der Waals surface area contributed by atoms with Gasteiger partial charge in [0.25, 0.3) is 12.3 Å². The first-order chi connectivity index (χ1) is 15.0. The number of alkyl halides is 2. The van der Waals surface area contributed by atoms with Crippen LogP contribution in [0.2, 0.25) is 0 Å². The Morgan fingerprint density at radius 1 is 1.26 bits per heavy atom. The van der Waals surface area contributed by atoms with Crippen LogP contribution >= 0.6 is 0 Å². The highest BCUT2D eigenvalue weighted by Crippen LogP contribution is 2.40. The summed E-state index contributed by atoms with van der Waals surface area (Å²) in [5.41, 5.74) is 2.88. The van der Waals surface area contributed by atoms with E-state index < -0.39 is 12.3 Å². The first-order valence-electron chi connectivity index (χ1n) is 10.1. The Labute approximate surface area is 176 Å². The van der Waals surface area contributed by atoms with E-state index in [1.54, 1.807) is 16.9 Å². The number of aryl methyl sites for hydroxylation is 1. The minimum absolute atomic E-state index is 0.136. The van der Waals surface area contributed by atoms with Crippen LogP contribution in [-0.2, 0) is 6.54 Å². The molecule has 0 atom stereocenters. The molecule has 0 bridgehead atoms. The molecule has 0 saturated heterocycles. The number of hydrogen-bond donors (Lipinski definition) is 1. The molecular weight excluding hydrogens is 402 g/mol. The van der Waals surface area contributed by atoms with Gasteiger partial charge in [0.1, 0.15) is 11.3 Å². The van der Waals surface area contributed by atoms with Gasteiger partial charge in [-0.2, -0.15) is 10.2 Å². The summed E-state index contributed by atoms with van der Waals surface area (Å²) in [6.07, 6.45) is 2.16. The minimum Gasteiger partial charge on any atom is -0.305 e. The van der Waals surface area contributed by atoms with Crippen molar-refractivity contribution in [2.45, 2.75) is 38.7 Å². The van der Waals surface area contributed by atoms with Crippen LogP contribution < -0.4 is 5.32 Å². The van der Waals surface area contributed by atoms with Crippen LogP contribution in [-0.4, -0.2) is 30.3 Å². The maximum atomic E-state index is 13.5. The van der Waals surface area contributed by atoms with Crippen molar-refractivity contribution >= 4 is 17.4 Å². The molecule has 1 aliphatic carbocycles. The van der Waals surface area contributed by atoms with Gasteiger partial charge in [0.05, 0.1) is 12.7 Å². The van der Waals surface area contributed by atoms with Crippen molar-refractivity contribution in [3.05, 3.63) is 76.9 Å². The number of nitrogens with one attached hydrogen (secondary N) is 1. The second-order valence-corrected chi connectivity index (χ2v) is 7.75. The Morgan fingerprint density at radius 2 is 2.06 bits per heavy atom. The normalized spacial score (nSPS) is 13.8. The lowest BCUT2D eigenvalue weighted by molar-refractivity contribution is 0.102. The topological polar surface area (TPSA) is 77.1 Å². The quantitative estimate of drug-likeness (QED) is 0.501. The molecule has 7 nitrogen and oxygen atoms in total. The largest absolute Gasteiger partial charge is 0.305 e. The van der Waals surface area contributed by atoms with Gasteiger partial charge in [0, 0.05) is 23.9 Å². The standard InChI is InChI=1S/C22H20F2N6O/c1-13-4-2-3-5-15(13)12-29-9-8-19(28-29)27-22(31)16-11-25-30-18(20(23)24)10-17(14-6-7-14)26-21(16)30/h2-5,8-11,14,20H,6-7,12H2,1H3,(H,27,28,31). The zero-order valence-electron chi connectivity index (χ0n) is 16.8. The van der Waals surface area contributed by atoms with Crippen LogP contribution in [0.5, 0.6) is 0 Å². The summed E-state index contributed by atoms with van der Waals surface area (Å²) in [4.78, 5) is 17.3. The van der Waals surface area contributed by atoms with E-state index in [1.807, 2.05) is 31.2 Å². The number of aromatic nitrogens is 5. The second-order valence-electron chi connectivity index (χ2n) is 7.75. The first kappa shape index (κ1) is 19.3.